The first-order valence-electron chi connectivity index (χ1n) is 6.54. The summed E-state index contributed by atoms with van der Waals surface area (Å²) < 4.78 is 13.3. The summed E-state index contributed by atoms with van der Waals surface area (Å²) in [5.74, 6) is -0.386. The van der Waals surface area contributed by atoms with E-state index >= 15 is 0 Å². The molecule has 1 rings (SSSR count). The van der Waals surface area contributed by atoms with E-state index in [2.05, 4.69) is 24.7 Å². The second-order valence-electron chi connectivity index (χ2n) is 4.35. The largest absolute Gasteiger partial charge is 0.258 e. The summed E-state index contributed by atoms with van der Waals surface area (Å²) in [5, 5.41) is 1.47. The van der Waals surface area contributed by atoms with Gasteiger partial charge in [-0.1, -0.05) is 61.0 Å². The number of nitrogens with zero attached hydrogens (tertiary/aromatic N) is 1. The molecule has 1 aromatic rings. The zero-order valence-corrected chi connectivity index (χ0v) is 12.2. The Kier molecular flexibility index (Phi) is 6.89. The molecule has 0 fully saturated rings. The number of allylic oxidation sites excluding steroid dienone is 5. The van der Waals surface area contributed by atoms with Crippen LogP contribution < -0.4 is 16.0 Å². The van der Waals surface area contributed by atoms with Crippen molar-refractivity contribution in [2.45, 2.75) is 6.92 Å². The second kappa shape index (κ2) is 8.70. The Balaban J connectivity index is 3.29. The minimum absolute atomic E-state index is 0.386. The SMILES string of the molecule is C=C/C(F)=C\C([B]c1cnc(=C)ccccc(=C)c1)=C/C. The second-order valence-corrected chi connectivity index (χ2v) is 4.35. The van der Waals surface area contributed by atoms with Crippen molar-refractivity contribution in [1.29, 1.82) is 0 Å². The Hall–Kier alpha value is -2.42. The average Bonchev–Trinajstić information content (AvgIpc) is 2.47. The van der Waals surface area contributed by atoms with Crippen LogP contribution in [-0.4, -0.2) is 12.3 Å². The summed E-state index contributed by atoms with van der Waals surface area (Å²) in [4.78, 5) is 4.25. The number of halogens is 1. The summed E-state index contributed by atoms with van der Waals surface area (Å²) in [6.07, 6.45) is 6.07. The minimum Gasteiger partial charge on any atom is -0.258 e. The average molecular weight is 278 g/mol. The highest BCUT2D eigenvalue weighted by Crippen LogP contribution is 2.03. The van der Waals surface area contributed by atoms with Gasteiger partial charge in [-0.05, 0) is 30.4 Å². The quantitative estimate of drug-likeness (QED) is 0.608. The molecule has 0 atom stereocenters. The molecule has 0 amide bonds. The van der Waals surface area contributed by atoms with Gasteiger partial charge in [-0.3, -0.25) is 4.98 Å². The lowest BCUT2D eigenvalue weighted by Gasteiger charge is -1.99. The van der Waals surface area contributed by atoms with Gasteiger partial charge in [0.05, 0.1) is 5.35 Å². The Morgan fingerprint density at radius 1 is 1.29 bits per heavy atom. The molecule has 1 aromatic heterocycles. The van der Waals surface area contributed by atoms with Gasteiger partial charge in [-0.2, -0.15) is 0 Å². The first-order valence-corrected chi connectivity index (χ1v) is 6.54. The Morgan fingerprint density at radius 2 is 2.00 bits per heavy atom. The highest BCUT2D eigenvalue weighted by atomic mass is 19.1. The number of rotatable bonds is 4. The topological polar surface area (TPSA) is 12.9 Å². The van der Waals surface area contributed by atoms with Crippen molar-refractivity contribution >= 4 is 25.9 Å². The Morgan fingerprint density at radius 3 is 2.67 bits per heavy atom. The summed E-state index contributed by atoms with van der Waals surface area (Å²) in [6.45, 7) is 13.0. The smallest absolute Gasteiger partial charge is 0.193 e. The summed E-state index contributed by atoms with van der Waals surface area (Å²) >= 11 is 0. The molecule has 1 radical (unpaired) electrons. The van der Waals surface area contributed by atoms with Gasteiger partial charge in [0.25, 0.3) is 0 Å². The lowest BCUT2D eigenvalue weighted by molar-refractivity contribution is 0.667. The van der Waals surface area contributed by atoms with Gasteiger partial charge < -0.3 is 0 Å². The van der Waals surface area contributed by atoms with E-state index in [0.717, 1.165) is 16.2 Å². The lowest BCUT2D eigenvalue weighted by Crippen LogP contribution is -2.20. The fourth-order valence-corrected chi connectivity index (χ4v) is 1.54. The molecule has 0 bridgehead atoms. The van der Waals surface area contributed by atoms with Crippen LogP contribution in [0.3, 0.4) is 0 Å². The van der Waals surface area contributed by atoms with Crippen LogP contribution in [0.2, 0.25) is 0 Å². The van der Waals surface area contributed by atoms with E-state index in [-0.39, 0.29) is 5.83 Å². The zero-order chi connectivity index (χ0) is 15.7. The van der Waals surface area contributed by atoms with Crippen molar-refractivity contribution < 1.29 is 4.39 Å². The van der Waals surface area contributed by atoms with Gasteiger partial charge >= 0.3 is 0 Å². The molecule has 21 heavy (non-hydrogen) atoms. The minimum atomic E-state index is -0.386. The van der Waals surface area contributed by atoms with Crippen molar-refractivity contribution in [2.24, 2.45) is 0 Å². The highest BCUT2D eigenvalue weighted by Gasteiger charge is 1.99. The third kappa shape index (κ3) is 6.53. The molecule has 0 spiro atoms. The maximum atomic E-state index is 13.3. The molecule has 0 aliphatic heterocycles. The molecule has 0 aliphatic carbocycles. The van der Waals surface area contributed by atoms with Crippen LogP contribution >= 0.6 is 0 Å². The zero-order valence-electron chi connectivity index (χ0n) is 12.2. The highest BCUT2D eigenvalue weighted by molar-refractivity contribution is 6.61. The maximum Gasteiger partial charge on any atom is 0.193 e. The normalized spacial score (nSPS) is 11.5. The van der Waals surface area contributed by atoms with Crippen molar-refractivity contribution in [1.82, 2.24) is 4.98 Å². The van der Waals surface area contributed by atoms with Crippen LogP contribution in [0.15, 0.2) is 72.6 Å². The maximum absolute atomic E-state index is 13.3. The molecular weight excluding hydrogens is 260 g/mol. The third-order valence-electron chi connectivity index (χ3n) is 2.61. The van der Waals surface area contributed by atoms with Gasteiger partial charge in [-0.15, -0.1) is 0 Å². The molecule has 0 unspecified atom stereocenters. The van der Waals surface area contributed by atoms with Crippen LogP contribution in [0, 0.1) is 0 Å². The fourth-order valence-electron chi connectivity index (χ4n) is 1.54. The third-order valence-corrected chi connectivity index (χ3v) is 2.61. The van der Waals surface area contributed by atoms with Crippen LogP contribution in [0.4, 0.5) is 4.39 Å². The van der Waals surface area contributed by atoms with E-state index in [1.807, 2.05) is 44.5 Å². The molecular formula is C18H18BFN. The lowest BCUT2D eigenvalue weighted by atomic mass is 9.63. The summed E-state index contributed by atoms with van der Waals surface area (Å²) in [5.41, 5.74) is 1.53. The molecule has 0 saturated carbocycles. The fraction of sp³-hybridized carbons (Fsp3) is 0.0556. The molecule has 3 heteroatoms. The molecule has 0 N–H and O–H groups in total. The van der Waals surface area contributed by atoms with Crippen LogP contribution in [-0.2, 0) is 0 Å². The summed E-state index contributed by atoms with van der Waals surface area (Å²) in [6, 6.07) is 9.28. The van der Waals surface area contributed by atoms with E-state index in [9.17, 15) is 4.39 Å². The molecule has 0 aromatic carbocycles. The first-order chi connectivity index (χ1) is 10.0. The van der Waals surface area contributed by atoms with Crippen LogP contribution in [0.1, 0.15) is 6.92 Å². The Bertz CT molecular complexity index is 718. The molecule has 1 nitrogen and oxygen atoms in total. The van der Waals surface area contributed by atoms with Gasteiger partial charge in [0.15, 0.2) is 7.28 Å². The summed E-state index contributed by atoms with van der Waals surface area (Å²) in [7, 11) is 1.82. The van der Waals surface area contributed by atoms with E-state index in [4.69, 9.17) is 0 Å². The molecule has 105 valence electrons. The van der Waals surface area contributed by atoms with Crippen LogP contribution in [0.25, 0.3) is 13.2 Å². The molecule has 0 aliphatic rings. The van der Waals surface area contributed by atoms with Gasteiger partial charge in [0, 0.05) is 6.20 Å². The number of hydrogen-bond donors (Lipinski definition) is 0. The predicted molar refractivity (Wildman–Crippen MR) is 90.7 cm³/mol. The standard InChI is InChI=1S/C18H18BFN/c1-5-16(12-18(20)6-2)19-17-11-14(3)9-7-8-10-15(4)21-13-17/h5-13H,2-4H2,1H3/b9-7?,10-8?,16-5+,17-11?,18-12+,21-13?. The van der Waals surface area contributed by atoms with E-state index in [0.29, 0.717) is 5.35 Å². The van der Waals surface area contributed by atoms with Crippen molar-refractivity contribution in [3.8, 4) is 0 Å². The van der Waals surface area contributed by atoms with Crippen LogP contribution in [0.5, 0.6) is 0 Å². The Labute approximate surface area is 126 Å². The van der Waals surface area contributed by atoms with Gasteiger partial charge in [0.1, 0.15) is 5.83 Å². The number of aromatic nitrogens is 1. The van der Waals surface area contributed by atoms with E-state index in [1.54, 1.807) is 12.3 Å². The molecule has 0 saturated heterocycles. The molecule has 1 heterocycles. The van der Waals surface area contributed by atoms with E-state index in [1.165, 1.54) is 12.2 Å². The van der Waals surface area contributed by atoms with Crippen molar-refractivity contribution in [2.75, 3.05) is 0 Å². The van der Waals surface area contributed by atoms with E-state index < -0.39 is 0 Å². The van der Waals surface area contributed by atoms with Gasteiger partial charge in [0.2, 0.25) is 0 Å². The van der Waals surface area contributed by atoms with Crippen molar-refractivity contribution in [3.05, 3.63) is 83.2 Å². The predicted octanol–water partition coefficient (Wildman–Crippen LogP) is 2.30. The monoisotopic (exact) mass is 278 g/mol. The number of hydrogen-bond acceptors (Lipinski definition) is 1. The first kappa shape index (κ1) is 16.6. The van der Waals surface area contributed by atoms with Crippen molar-refractivity contribution in [3.63, 3.8) is 0 Å². The van der Waals surface area contributed by atoms with Gasteiger partial charge in [-0.25, -0.2) is 4.39 Å².